The van der Waals surface area contributed by atoms with Crippen molar-refractivity contribution < 1.29 is 14.1 Å². The number of halogens is 1. The van der Waals surface area contributed by atoms with E-state index in [-0.39, 0.29) is 6.04 Å². The Morgan fingerprint density at radius 2 is 2.31 bits per heavy atom. The molecule has 2 aromatic rings. The largest absolute Gasteiger partial charge is 0.467 e. The van der Waals surface area contributed by atoms with Gasteiger partial charge in [0.2, 0.25) is 0 Å². The van der Waals surface area contributed by atoms with E-state index in [0.717, 1.165) is 31.7 Å². The molecule has 2 heterocycles. The van der Waals surface area contributed by atoms with Crippen LogP contribution in [-0.2, 0) is 9.53 Å². The van der Waals surface area contributed by atoms with Gasteiger partial charge in [-0.05, 0) is 32.0 Å². The summed E-state index contributed by atoms with van der Waals surface area (Å²) in [7, 11) is 0. The first-order chi connectivity index (χ1) is 12.6. The van der Waals surface area contributed by atoms with E-state index in [0.29, 0.717) is 35.9 Å². The molecule has 0 saturated carbocycles. The van der Waals surface area contributed by atoms with Crippen LogP contribution in [0.3, 0.4) is 0 Å². The van der Waals surface area contributed by atoms with Gasteiger partial charge in [0, 0.05) is 42.8 Å². The highest BCUT2D eigenvalue weighted by atomic mass is 35.5. The first-order valence-corrected chi connectivity index (χ1v) is 9.09. The normalized spacial score (nSPS) is 20.0. The van der Waals surface area contributed by atoms with Crippen LogP contribution in [0.1, 0.15) is 25.7 Å². The number of nitrogens with zero attached hydrogens (tertiary/aromatic N) is 4. The molecule has 2 atom stereocenters. The molecule has 1 aromatic carbocycles. The van der Waals surface area contributed by atoms with Crippen molar-refractivity contribution in [3.8, 4) is 11.5 Å². The summed E-state index contributed by atoms with van der Waals surface area (Å²) >= 11 is 6.03. The molecule has 140 valence electrons. The Morgan fingerprint density at radius 3 is 3.04 bits per heavy atom. The van der Waals surface area contributed by atoms with Gasteiger partial charge in [-0.3, -0.25) is 14.6 Å². The first kappa shape index (κ1) is 18.8. The monoisotopic (exact) mass is 378 g/mol. The number of carbonyl (C=O) groups is 1. The van der Waals surface area contributed by atoms with Crippen molar-refractivity contribution in [2.24, 2.45) is 0 Å². The molecule has 0 bridgehead atoms. The van der Waals surface area contributed by atoms with Crippen LogP contribution in [0.25, 0.3) is 11.5 Å². The van der Waals surface area contributed by atoms with Gasteiger partial charge in [0.15, 0.2) is 5.82 Å². The number of benzene rings is 1. The van der Waals surface area contributed by atoms with E-state index in [1.54, 1.807) is 0 Å². The lowest BCUT2D eigenvalue weighted by Gasteiger charge is -2.41. The fourth-order valence-corrected chi connectivity index (χ4v) is 3.54. The van der Waals surface area contributed by atoms with Crippen LogP contribution in [-0.4, -0.2) is 65.2 Å². The molecule has 1 fully saturated rings. The molecule has 1 aromatic heterocycles. The van der Waals surface area contributed by atoms with E-state index in [9.17, 15) is 4.79 Å². The van der Waals surface area contributed by atoms with Gasteiger partial charge in [-0.15, -0.1) is 0 Å². The highest BCUT2D eigenvalue weighted by Gasteiger charge is 2.30. The summed E-state index contributed by atoms with van der Waals surface area (Å²) in [5.74, 6) is 1.15. The molecule has 0 N–H and O–H groups in total. The molecular formula is C18H23ClN4O3. The first-order valence-electron chi connectivity index (χ1n) is 8.71. The van der Waals surface area contributed by atoms with Crippen LogP contribution in [0.4, 0.5) is 0 Å². The second kappa shape index (κ2) is 8.62. The third kappa shape index (κ3) is 4.41. The molecular weight excluding hydrogens is 356 g/mol. The molecule has 1 aliphatic rings. The fraction of sp³-hybridized carbons (Fsp3) is 0.500. The minimum atomic E-state index is 0.0510. The molecule has 0 spiro atoms. The molecule has 1 unspecified atom stereocenters. The Labute approximate surface area is 157 Å². The van der Waals surface area contributed by atoms with Gasteiger partial charge in [0.25, 0.3) is 12.4 Å². The summed E-state index contributed by atoms with van der Waals surface area (Å²) in [6.45, 7) is 8.67. The maximum Gasteiger partial charge on any atom is 0.293 e. The molecule has 3 rings (SSSR count). The van der Waals surface area contributed by atoms with Crippen molar-refractivity contribution in [1.29, 1.82) is 0 Å². The zero-order valence-electron chi connectivity index (χ0n) is 15.0. The number of hydrogen-bond donors (Lipinski definition) is 0. The highest BCUT2D eigenvalue weighted by Crippen LogP contribution is 2.26. The lowest BCUT2D eigenvalue weighted by molar-refractivity contribution is -0.129. The summed E-state index contributed by atoms with van der Waals surface area (Å²) in [6, 6.07) is 7.77. The van der Waals surface area contributed by atoms with Crippen molar-refractivity contribution in [3.63, 3.8) is 0 Å². The predicted molar refractivity (Wildman–Crippen MR) is 97.8 cm³/mol. The van der Waals surface area contributed by atoms with Crippen molar-refractivity contribution in [2.75, 3.05) is 32.8 Å². The quantitative estimate of drug-likeness (QED) is 0.541. The van der Waals surface area contributed by atoms with E-state index in [1.165, 1.54) is 0 Å². The van der Waals surface area contributed by atoms with Crippen LogP contribution in [0.5, 0.6) is 0 Å². The number of ether oxygens (including phenoxy) is 1. The molecule has 26 heavy (non-hydrogen) atoms. The third-order valence-corrected chi connectivity index (χ3v) is 4.98. The van der Waals surface area contributed by atoms with Gasteiger partial charge in [0.05, 0.1) is 6.04 Å². The topological polar surface area (TPSA) is 71.7 Å². The van der Waals surface area contributed by atoms with Crippen LogP contribution in [0.2, 0.25) is 5.02 Å². The SMILES string of the molecule is CC(c1noc(-c2cccc(Cl)c2)n1)N1CCN(CCOC=O)C[C@@H]1C. The number of aromatic nitrogens is 2. The lowest BCUT2D eigenvalue weighted by atomic mass is 10.1. The zero-order valence-corrected chi connectivity index (χ0v) is 15.7. The number of piperazine rings is 1. The average Bonchev–Trinajstić information content (AvgIpc) is 3.12. The maximum atomic E-state index is 10.3. The fourth-order valence-electron chi connectivity index (χ4n) is 3.35. The number of hydrogen-bond acceptors (Lipinski definition) is 7. The summed E-state index contributed by atoms with van der Waals surface area (Å²) in [4.78, 5) is 19.5. The van der Waals surface area contributed by atoms with Crippen LogP contribution in [0.15, 0.2) is 28.8 Å². The minimum absolute atomic E-state index is 0.0510. The van der Waals surface area contributed by atoms with Gasteiger partial charge in [-0.25, -0.2) is 0 Å². The second-order valence-electron chi connectivity index (χ2n) is 6.50. The Balaban J connectivity index is 1.63. The predicted octanol–water partition coefficient (Wildman–Crippen LogP) is 2.63. The maximum absolute atomic E-state index is 10.3. The van der Waals surface area contributed by atoms with Gasteiger partial charge in [0.1, 0.15) is 6.61 Å². The van der Waals surface area contributed by atoms with Gasteiger partial charge in [-0.1, -0.05) is 22.8 Å². The molecule has 0 amide bonds. The number of carbonyl (C=O) groups excluding carboxylic acids is 1. The number of rotatable bonds is 7. The Morgan fingerprint density at radius 1 is 1.46 bits per heavy atom. The average molecular weight is 379 g/mol. The molecule has 0 radical (unpaired) electrons. The van der Waals surface area contributed by atoms with Crippen LogP contribution >= 0.6 is 11.6 Å². The van der Waals surface area contributed by atoms with Gasteiger partial charge in [-0.2, -0.15) is 4.98 Å². The summed E-state index contributed by atoms with van der Waals surface area (Å²) in [6.07, 6.45) is 0. The summed E-state index contributed by atoms with van der Waals surface area (Å²) in [5.41, 5.74) is 0.816. The van der Waals surface area contributed by atoms with E-state index in [4.69, 9.17) is 20.9 Å². The third-order valence-electron chi connectivity index (χ3n) is 4.74. The zero-order chi connectivity index (χ0) is 18.5. The highest BCUT2D eigenvalue weighted by molar-refractivity contribution is 6.30. The Hall–Kier alpha value is -1.96. The van der Waals surface area contributed by atoms with Crippen molar-refractivity contribution in [1.82, 2.24) is 19.9 Å². The smallest absolute Gasteiger partial charge is 0.293 e. The van der Waals surface area contributed by atoms with Gasteiger partial charge >= 0.3 is 0 Å². The molecule has 1 saturated heterocycles. The van der Waals surface area contributed by atoms with E-state index < -0.39 is 0 Å². The van der Waals surface area contributed by atoms with E-state index in [2.05, 4.69) is 33.8 Å². The standard InChI is InChI=1S/C18H23ClN4O3/c1-13-11-22(8-9-25-12-24)6-7-23(13)14(2)17-20-18(26-21-17)15-4-3-5-16(19)10-15/h3-5,10,12-14H,6-9,11H2,1-2H3/t13-,14?/m0/s1. The summed E-state index contributed by atoms with van der Waals surface area (Å²) in [5, 5.41) is 4.81. The lowest BCUT2D eigenvalue weighted by Crippen LogP contribution is -2.53. The summed E-state index contributed by atoms with van der Waals surface area (Å²) < 4.78 is 10.2. The van der Waals surface area contributed by atoms with E-state index >= 15 is 0 Å². The Kier molecular flexibility index (Phi) is 6.24. The van der Waals surface area contributed by atoms with Crippen molar-refractivity contribution in [2.45, 2.75) is 25.9 Å². The van der Waals surface area contributed by atoms with Crippen molar-refractivity contribution >= 4 is 18.1 Å². The van der Waals surface area contributed by atoms with Crippen molar-refractivity contribution in [3.05, 3.63) is 35.1 Å². The second-order valence-corrected chi connectivity index (χ2v) is 6.93. The Bertz CT molecular complexity index is 739. The van der Waals surface area contributed by atoms with Crippen LogP contribution in [0, 0.1) is 0 Å². The molecule has 1 aliphatic heterocycles. The van der Waals surface area contributed by atoms with Gasteiger partial charge < -0.3 is 9.26 Å². The molecule has 7 nitrogen and oxygen atoms in total. The van der Waals surface area contributed by atoms with E-state index in [1.807, 2.05) is 24.3 Å². The molecule has 8 heteroatoms. The molecule has 0 aliphatic carbocycles. The van der Waals surface area contributed by atoms with Crippen LogP contribution < -0.4 is 0 Å². The minimum Gasteiger partial charge on any atom is -0.467 e.